The summed E-state index contributed by atoms with van der Waals surface area (Å²) in [4.78, 5) is 6.53. The van der Waals surface area contributed by atoms with Gasteiger partial charge in [0.05, 0.1) is 15.7 Å². The maximum Gasteiger partial charge on any atom is 0.451 e. The van der Waals surface area contributed by atoms with Gasteiger partial charge in [0.2, 0.25) is 5.82 Å². The van der Waals surface area contributed by atoms with Gasteiger partial charge >= 0.3 is 6.18 Å². The van der Waals surface area contributed by atoms with Crippen LogP contribution in [0.2, 0.25) is 0 Å². The van der Waals surface area contributed by atoms with E-state index in [1.165, 1.54) is 0 Å². The second-order valence-corrected chi connectivity index (χ2v) is 7.06. The summed E-state index contributed by atoms with van der Waals surface area (Å²) in [6.07, 6.45) is -2.37. The first-order valence-corrected chi connectivity index (χ1v) is 6.74. The number of halogens is 3. The highest BCUT2D eigenvalue weighted by Crippen LogP contribution is 2.26. The number of alkyl halides is 3. The van der Waals surface area contributed by atoms with Crippen LogP contribution in [-0.2, 0) is 17.2 Å². The number of hydrogen-bond donors (Lipinski definition) is 1. The van der Waals surface area contributed by atoms with Gasteiger partial charge in [-0.15, -0.1) is 0 Å². The van der Waals surface area contributed by atoms with E-state index in [1.54, 1.807) is 27.7 Å². The maximum atomic E-state index is 12.3. The molecule has 0 spiro atoms. The second-order valence-electron chi connectivity index (χ2n) is 5.06. The van der Waals surface area contributed by atoms with Gasteiger partial charge in [0, 0.05) is 24.0 Å². The average Bonchev–Trinajstić information content (AvgIpc) is 2.26. The predicted molar refractivity (Wildman–Crippen MR) is 66.5 cm³/mol. The van der Waals surface area contributed by atoms with Crippen LogP contribution in [0, 0.1) is 0 Å². The molecule has 0 amide bonds. The monoisotopic (exact) mass is 295 g/mol. The molecule has 108 valence electrons. The molecule has 8 heteroatoms. The lowest BCUT2D eigenvalue weighted by molar-refractivity contribution is -0.145. The molecule has 1 rings (SSSR count). The third kappa shape index (κ3) is 4.54. The lowest BCUT2D eigenvalue weighted by atomic mass is 10.2. The molecule has 0 bridgehead atoms. The van der Waals surface area contributed by atoms with E-state index in [0.717, 1.165) is 12.4 Å². The van der Waals surface area contributed by atoms with E-state index in [4.69, 9.17) is 0 Å². The zero-order chi connectivity index (χ0) is 14.8. The summed E-state index contributed by atoms with van der Waals surface area (Å²) in [6.45, 7) is 7.08. The van der Waals surface area contributed by atoms with Crippen molar-refractivity contribution in [2.24, 2.45) is 0 Å². The fraction of sp³-hybridized carbons (Fsp3) is 0.636. The summed E-state index contributed by atoms with van der Waals surface area (Å²) in [5, 5.41) is 0. The van der Waals surface area contributed by atoms with Crippen molar-refractivity contribution < 1.29 is 17.4 Å². The molecule has 0 radical (unpaired) electrons. The van der Waals surface area contributed by atoms with Gasteiger partial charge in [-0.05, 0) is 27.7 Å². The molecule has 0 aliphatic rings. The quantitative estimate of drug-likeness (QED) is 0.932. The van der Waals surface area contributed by atoms with Crippen molar-refractivity contribution in [3.8, 4) is 0 Å². The molecule has 0 fully saturated rings. The summed E-state index contributed by atoms with van der Waals surface area (Å²) in [5.41, 5.74) is 0.450. The Balaban J connectivity index is 2.79. The number of rotatable bonds is 3. The molecule has 0 saturated heterocycles. The molecule has 1 heterocycles. The Kier molecular flexibility index (Phi) is 4.67. The molecule has 19 heavy (non-hydrogen) atoms. The highest BCUT2D eigenvalue weighted by Gasteiger charge is 2.34. The molecule has 0 unspecified atom stereocenters. The number of hydrogen-bond acceptors (Lipinski definition) is 3. The molecular weight excluding hydrogens is 279 g/mol. The Morgan fingerprint density at radius 1 is 1.21 bits per heavy atom. The Hall–Kier alpha value is -1.02. The van der Waals surface area contributed by atoms with Gasteiger partial charge in [0.1, 0.15) is 0 Å². The van der Waals surface area contributed by atoms with Crippen LogP contribution in [0.25, 0.3) is 0 Å². The Morgan fingerprint density at radius 3 is 2.05 bits per heavy atom. The maximum absolute atomic E-state index is 12.3. The first kappa shape index (κ1) is 16.0. The van der Waals surface area contributed by atoms with E-state index in [1.807, 2.05) is 0 Å². The lowest BCUT2D eigenvalue weighted by Crippen LogP contribution is -2.34. The molecule has 0 aliphatic heterocycles. The van der Waals surface area contributed by atoms with Crippen LogP contribution >= 0.6 is 0 Å². The summed E-state index contributed by atoms with van der Waals surface area (Å²) in [5.74, 6) is -1.18. The summed E-state index contributed by atoms with van der Waals surface area (Å²) in [7, 11) is -1.32. The van der Waals surface area contributed by atoms with E-state index in [2.05, 4.69) is 14.7 Å². The fourth-order valence-corrected chi connectivity index (χ4v) is 1.92. The third-order valence-corrected chi connectivity index (χ3v) is 3.95. The van der Waals surface area contributed by atoms with Gasteiger partial charge in [-0.1, -0.05) is 0 Å². The standard InChI is InChI=1S/C11H16F3N3OS/c1-7(17-19(18)10(2,3)4)8-5-15-9(16-6-8)11(12,13)14/h5-7,17H,1-4H3/t7-,19-/m1/s1. The van der Waals surface area contributed by atoms with Crippen molar-refractivity contribution >= 4 is 11.0 Å². The molecule has 0 saturated carbocycles. The van der Waals surface area contributed by atoms with E-state index in [-0.39, 0.29) is 0 Å². The van der Waals surface area contributed by atoms with Crippen molar-refractivity contribution in [2.75, 3.05) is 0 Å². The number of aromatic nitrogens is 2. The van der Waals surface area contributed by atoms with E-state index in [0.29, 0.717) is 5.56 Å². The highest BCUT2D eigenvalue weighted by atomic mass is 32.2. The molecule has 4 nitrogen and oxygen atoms in total. The van der Waals surface area contributed by atoms with E-state index < -0.39 is 33.8 Å². The summed E-state index contributed by atoms with van der Waals surface area (Å²) in [6, 6.07) is -0.401. The Bertz CT molecular complexity index is 454. The summed E-state index contributed by atoms with van der Waals surface area (Å²) >= 11 is 0. The van der Waals surface area contributed by atoms with Gasteiger partial charge in [0.15, 0.2) is 0 Å². The van der Waals surface area contributed by atoms with Gasteiger partial charge < -0.3 is 0 Å². The Labute approximate surface area is 112 Å². The molecular formula is C11H16F3N3OS. The minimum absolute atomic E-state index is 0.401. The topological polar surface area (TPSA) is 54.9 Å². The van der Waals surface area contributed by atoms with Crippen LogP contribution in [0.3, 0.4) is 0 Å². The Morgan fingerprint density at radius 2 is 1.68 bits per heavy atom. The van der Waals surface area contributed by atoms with E-state index >= 15 is 0 Å². The molecule has 1 N–H and O–H groups in total. The molecule has 2 atom stereocenters. The first-order valence-electron chi connectivity index (χ1n) is 5.59. The normalized spacial score (nSPS) is 16.2. The molecule has 1 aromatic heterocycles. The largest absolute Gasteiger partial charge is 0.451 e. The predicted octanol–water partition coefficient (Wildman–Crippen LogP) is 2.61. The lowest BCUT2D eigenvalue weighted by Gasteiger charge is -2.21. The van der Waals surface area contributed by atoms with Gasteiger partial charge in [-0.3, -0.25) is 0 Å². The van der Waals surface area contributed by atoms with Crippen molar-refractivity contribution in [2.45, 2.75) is 44.7 Å². The minimum atomic E-state index is -4.55. The second kappa shape index (κ2) is 5.54. The van der Waals surface area contributed by atoms with Crippen molar-refractivity contribution in [3.63, 3.8) is 0 Å². The fourth-order valence-electron chi connectivity index (χ4n) is 1.11. The van der Waals surface area contributed by atoms with Crippen LogP contribution in [0.1, 0.15) is 45.1 Å². The molecule has 0 aliphatic carbocycles. The zero-order valence-electron chi connectivity index (χ0n) is 11.1. The van der Waals surface area contributed by atoms with E-state index in [9.17, 15) is 17.4 Å². The SMILES string of the molecule is C[C@@H](N[S@](=O)C(C)(C)C)c1cnc(C(F)(F)F)nc1. The van der Waals surface area contributed by atoms with Crippen LogP contribution in [-0.4, -0.2) is 18.9 Å². The number of nitrogens with one attached hydrogen (secondary N) is 1. The smallest absolute Gasteiger partial charge is 0.242 e. The number of nitrogens with zero attached hydrogens (tertiary/aromatic N) is 2. The average molecular weight is 295 g/mol. The van der Waals surface area contributed by atoms with Gasteiger partial charge in [0.25, 0.3) is 0 Å². The minimum Gasteiger partial charge on any atom is -0.242 e. The van der Waals surface area contributed by atoms with Crippen LogP contribution in [0.4, 0.5) is 13.2 Å². The van der Waals surface area contributed by atoms with Crippen molar-refractivity contribution in [1.82, 2.24) is 14.7 Å². The molecule has 0 aromatic carbocycles. The summed E-state index contributed by atoms with van der Waals surface area (Å²) < 4.78 is 51.1. The third-order valence-electron chi connectivity index (χ3n) is 2.27. The van der Waals surface area contributed by atoms with Crippen molar-refractivity contribution in [1.29, 1.82) is 0 Å². The molecule has 1 aromatic rings. The van der Waals surface area contributed by atoms with Crippen LogP contribution < -0.4 is 4.72 Å². The van der Waals surface area contributed by atoms with Gasteiger partial charge in [-0.2, -0.15) is 13.2 Å². The zero-order valence-corrected chi connectivity index (χ0v) is 11.9. The van der Waals surface area contributed by atoms with Crippen molar-refractivity contribution in [3.05, 3.63) is 23.8 Å². The van der Waals surface area contributed by atoms with Gasteiger partial charge in [-0.25, -0.2) is 18.9 Å². The first-order chi connectivity index (χ1) is 8.51. The van der Waals surface area contributed by atoms with Crippen LogP contribution in [0.5, 0.6) is 0 Å². The highest BCUT2D eigenvalue weighted by molar-refractivity contribution is 7.84. The van der Waals surface area contributed by atoms with Crippen LogP contribution in [0.15, 0.2) is 12.4 Å².